The van der Waals surface area contributed by atoms with Crippen molar-refractivity contribution in [3.63, 3.8) is 0 Å². The fourth-order valence-corrected chi connectivity index (χ4v) is 2.31. The first-order chi connectivity index (χ1) is 8.66. The number of ether oxygens (including phenoxy) is 1. The third-order valence-corrected chi connectivity index (χ3v) is 3.52. The molecule has 0 aliphatic heterocycles. The number of methoxy groups -OCH3 is 1. The Labute approximate surface area is 106 Å². The van der Waals surface area contributed by atoms with Gasteiger partial charge in [0.2, 0.25) is 5.91 Å². The summed E-state index contributed by atoms with van der Waals surface area (Å²) in [4.78, 5) is 11.8. The highest BCUT2D eigenvalue weighted by Gasteiger charge is 2.39. The van der Waals surface area contributed by atoms with Crippen molar-refractivity contribution in [3.05, 3.63) is 35.6 Å². The van der Waals surface area contributed by atoms with Gasteiger partial charge in [-0.3, -0.25) is 4.79 Å². The Morgan fingerprint density at radius 3 is 2.56 bits per heavy atom. The lowest BCUT2D eigenvalue weighted by atomic mass is 9.71. The van der Waals surface area contributed by atoms with E-state index in [0.29, 0.717) is 13.0 Å². The molecular formula is C14H18FNO2. The predicted octanol–water partition coefficient (Wildman–Crippen LogP) is 2.36. The van der Waals surface area contributed by atoms with Crippen molar-refractivity contribution < 1.29 is 13.9 Å². The standard InChI is InChI=1S/C14H18FNO2/c1-18-10-7-13(17)16-14(8-2-9-14)11-3-5-12(15)6-4-11/h3-6H,2,7-10H2,1H3,(H,16,17). The van der Waals surface area contributed by atoms with Crippen LogP contribution in [0.2, 0.25) is 0 Å². The molecule has 1 fully saturated rings. The summed E-state index contributed by atoms with van der Waals surface area (Å²) in [6.07, 6.45) is 3.27. The third-order valence-electron chi connectivity index (χ3n) is 3.52. The normalized spacial score (nSPS) is 17.0. The highest BCUT2D eigenvalue weighted by Crippen LogP contribution is 2.41. The summed E-state index contributed by atoms with van der Waals surface area (Å²) in [7, 11) is 1.58. The highest BCUT2D eigenvalue weighted by molar-refractivity contribution is 5.77. The molecule has 98 valence electrons. The van der Waals surface area contributed by atoms with Crippen LogP contribution in [0, 0.1) is 5.82 Å². The second-order valence-electron chi connectivity index (χ2n) is 4.73. The molecule has 0 unspecified atom stereocenters. The summed E-state index contributed by atoms with van der Waals surface area (Å²) in [5, 5.41) is 3.06. The lowest BCUT2D eigenvalue weighted by Crippen LogP contribution is -2.50. The van der Waals surface area contributed by atoms with Crippen LogP contribution in [0.1, 0.15) is 31.2 Å². The molecule has 0 aromatic heterocycles. The first-order valence-electron chi connectivity index (χ1n) is 6.22. The topological polar surface area (TPSA) is 38.3 Å². The zero-order chi connectivity index (χ0) is 13.0. The average molecular weight is 251 g/mol. The number of rotatable bonds is 5. The van der Waals surface area contributed by atoms with Crippen LogP contribution in [0.3, 0.4) is 0 Å². The zero-order valence-corrected chi connectivity index (χ0v) is 10.5. The lowest BCUT2D eigenvalue weighted by molar-refractivity contribution is -0.125. The van der Waals surface area contributed by atoms with E-state index in [1.165, 1.54) is 12.1 Å². The first kappa shape index (κ1) is 13.0. The van der Waals surface area contributed by atoms with Crippen LogP contribution >= 0.6 is 0 Å². The largest absolute Gasteiger partial charge is 0.384 e. The van der Waals surface area contributed by atoms with Gasteiger partial charge in [-0.1, -0.05) is 12.1 Å². The molecule has 2 rings (SSSR count). The predicted molar refractivity (Wildman–Crippen MR) is 66.6 cm³/mol. The minimum Gasteiger partial charge on any atom is -0.384 e. The Balaban J connectivity index is 2.06. The number of nitrogens with one attached hydrogen (secondary N) is 1. The van der Waals surface area contributed by atoms with Crippen molar-refractivity contribution in [3.8, 4) is 0 Å². The molecule has 1 aromatic carbocycles. The SMILES string of the molecule is COCCC(=O)NC1(c2ccc(F)cc2)CCC1. The molecule has 0 spiro atoms. The van der Waals surface area contributed by atoms with Crippen LogP contribution in [0.15, 0.2) is 24.3 Å². The molecule has 0 bridgehead atoms. The van der Waals surface area contributed by atoms with Crippen LogP contribution < -0.4 is 5.32 Å². The molecule has 1 aliphatic rings. The molecule has 1 amide bonds. The Morgan fingerprint density at radius 1 is 1.39 bits per heavy atom. The number of amides is 1. The van der Waals surface area contributed by atoms with Gasteiger partial charge in [-0.15, -0.1) is 0 Å². The van der Waals surface area contributed by atoms with Gasteiger partial charge in [-0.25, -0.2) is 4.39 Å². The molecule has 3 nitrogen and oxygen atoms in total. The maximum Gasteiger partial charge on any atom is 0.223 e. The maximum atomic E-state index is 12.9. The van der Waals surface area contributed by atoms with E-state index < -0.39 is 0 Å². The van der Waals surface area contributed by atoms with Crippen molar-refractivity contribution in [1.82, 2.24) is 5.32 Å². The maximum absolute atomic E-state index is 12.9. The van der Waals surface area contributed by atoms with Gasteiger partial charge in [0.25, 0.3) is 0 Å². The van der Waals surface area contributed by atoms with Gasteiger partial charge in [0.15, 0.2) is 0 Å². The summed E-state index contributed by atoms with van der Waals surface area (Å²) in [5.74, 6) is -0.264. The van der Waals surface area contributed by atoms with E-state index in [0.717, 1.165) is 24.8 Å². The van der Waals surface area contributed by atoms with E-state index in [2.05, 4.69) is 5.32 Å². The van der Waals surface area contributed by atoms with E-state index in [1.807, 2.05) is 0 Å². The summed E-state index contributed by atoms with van der Waals surface area (Å²) in [5.41, 5.74) is 0.694. The molecule has 1 saturated carbocycles. The van der Waals surface area contributed by atoms with E-state index >= 15 is 0 Å². The van der Waals surface area contributed by atoms with Crippen LogP contribution in [0.5, 0.6) is 0 Å². The van der Waals surface area contributed by atoms with E-state index in [4.69, 9.17) is 4.74 Å². The summed E-state index contributed by atoms with van der Waals surface area (Å²) in [6, 6.07) is 6.39. The van der Waals surface area contributed by atoms with Gasteiger partial charge < -0.3 is 10.1 Å². The van der Waals surface area contributed by atoms with Gasteiger partial charge in [0, 0.05) is 13.5 Å². The minimum atomic E-state index is -0.293. The Morgan fingerprint density at radius 2 is 2.06 bits per heavy atom. The molecule has 4 heteroatoms. The molecule has 0 heterocycles. The van der Waals surface area contributed by atoms with Gasteiger partial charge in [-0.05, 0) is 37.0 Å². The second kappa shape index (κ2) is 5.48. The monoisotopic (exact) mass is 251 g/mol. The van der Waals surface area contributed by atoms with Gasteiger partial charge in [0.05, 0.1) is 12.1 Å². The summed E-state index contributed by atoms with van der Waals surface area (Å²) in [6.45, 7) is 0.422. The Kier molecular flexibility index (Phi) is 3.97. The van der Waals surface area contributed by atoms with Crippen molar-refractivity contribution in [2.75, 3.05) is 13.7 Å². The lowest BCUT2D eigenvalue weighted by Gasteiger charge is -2.43. The molecule has 1 aromatic rings. The summed E-state index contributed by atoms with van der Waals surface area (Å²) >= 11 is 0. The average Bonchev–Trinajstić information content (AvgIpc) is 2.32. The van der Waals surface area contributed by atoms with Gasteiger partial charge >= 0.3 is 0 Å². The molecule has 1 N–H and O–H groups in total. The zero-order valence-electron chi connectivity index (χ0n) is 10.5. The van der Waals surface area contributed by atoms with Crippen LogP contribution in [0.25, 0.3) is 0 Å². The number of halogens is 1. The molecule has 1 aliphatic carbocycles. The van der Waals surface area contributed by atoms with Gasteiger partial charge in [-0.2, -0.15) is 0 Å². The smallest absolute Gasteiger partial charge is 0.223 e. The molecular weight excluding hydrogens is 233 g/mol. The number of benzene rings is 1. The molecule has 0 saturated heterocycles. The Bertz CT molecular complexity index is 412. The van der Waals surface area contributed by atoms with Crippen molar-refractivity contribution >= 4 is 5.91 Å². The minimum absolute atomic E-state index is 0.0131. The van der Waals surface area contributed by atoms with E-state index in [9.17, 15) is 9.18 Å². The third kappa shape index (κ3) is 2.70. The van der Waals surface area contributed by atoms with Crippen molar-refractivity contribution in [2.24, 2.45) is 0 Å². The number of carbonyl (C=O) groups excluding carboxylic acids is 1. The molecule has 0 atom stereocenters. The van der Waals surface area contributed by atoms with Crippen LogP contribution in [-0.2, 0) is 15.1 Å². The molecule has 18 heavy (non-hydrogen) atoms. The fraction of sp³-hybridized carbons (Fsp3) is 0.500. The second-order valence-corrected chi connectivity index (χ2v) is 4.73. The van der Waals surface area contributed by atoms with Gasteiger partial charge in [0.1, 0.15) is 5.82 Å². The van der Waals surface area contributed by atoms with Crippen LogP contribution in [-0.4, -0.2) is 19.6 Å². The van der Waals surface area contributed by atoms with Crippen molar-refractivity contribution in [2.45, 2.75) is 31.2 Å². The summed E-state index contributed by atoms with van der Waals surface area (Å²) < 4.78 is 17.8. The quantitative estimate of drug-likeness (QED) is 0.872. The van der Waals surface area contributed by atoms with Crippen molar-refractivity contribution in [1.29, 1.82) is 0 Å². The Hall–Kier alpha value is -1.42. The number of hydrogen-bond acceptors (Lipinski definition) is 2. The highest BCUT2D eigenvalue weighted by atomic mass is 19.1. The number of carbonyl (C=O) groups is 1. The van der Waals surface area contributed by atoms with Crippen LogP contribution in [0.4, 0.5) is 4.39 Å². The fourth-order valence-electron chi connectivity index (χ4n) is 2.31. The molecule has 0 radical (unpaired) electrons. The van der Waals surface area contributed by atoms with E-state index in [1.54, 1.807) is 19.2 Å². The number of hydrogen-bond donors (Lipinski definition) is 1. The van der Waals surface area contributed by atoms with E-state index in [-0.39, 0.29) is 17.3 Å². The first-order valence-corrected chi connectivity index (χ1v) is 6.22.